The van der Waals surface area contributed by atoms with Crippen LogP contribution in [-0.2, 0) is 4.74 Å². The maximum absolute atomic E-state index is 14.6. The van der Waals surface area contributed by atoms with E-state index in [0.29, 0.717) is 6.07 Å². The maximum Gasteiger partial charge on any atom is 0.573 e. The Balaban J connectivity index is 1.99. The van der Waals surface area contributed by atoms with Gasteiger partial charge in [-0.05, 0) is 30.3 Å². The van der Waals surface area contributed by atoms with Gasteiger partial charge in [-0.1, -0.05) is 23.2 Å². The average Bonchev–Trinajstić information content (AvgIpc) is 2.79. The number of aromatic nitrogens is 1. The normalized spacial score (nSPS) is 11.0. The molecule has 3 aromatic rings. The maximum atomic E-state index is 14.6. The Labute approximate surface area is 210 Å². The summed E-state index contributed by atoms with van der Waals surface area (Å²) in [6.07, 6.45) is -3.90. The molecule has 3 rings (SSSR count). The van der Waals surface area contributed by atoms with Crippen molar-refractivity contribution < 1.29 is 46.1 Å². The number of methoxy groups -OCH3 is 2. The van der Waals surface area contributed by atoms with Crippen molar-refractivity contribution in [3.8, 4) is 23.0 Å². The van der Waals surface area contributed by atoms with E-state index in [9.17, 15) is 27.2 Å². The molecule has 1 N–H and O–H groups in total. The number of anilines is 1. The van der Waals surface area contributed by atoms with Gasteiger partial charge in [0.25, 0.3) is 5.91 Å². The largest absolute Gasteiger partial charge is 0.573 e. The molecule has 0 bridgehead atoms. The van der Waals surface area contributed by atoms with Crippen molar-refractivity contribution in [2.75, 3.05) is 19.5 Å². The number of pyridine rings is 1. The predicted octanol–water partition coefficient (Wildman–Crippen LogP) is 6.27. The van der Waals surface area contributed by atoms with E-state index in [1.54, 1.807) is 0 Å². The molecule has 1 aromatic heterocycles. The van der Waals surface area contributed by atoms with Crippen molar-refractivity contribution in [1.29, 1.82) is 0 Å². The minimum absolute atomic E-state index is 0.0277. The number of amides is 1. The van der Waals surface area contributed by atoms with Gasteiger partial charge in [0.05, 0.1) is 19.2 Å². The summed E-state index contributed by atoms with van der Waals surface area (Å²) in [5, 5.41) is 2.35. The molecule has 0 fully saturated rings. The van der Waals surface area contributed by atoms with Crippen molar-refractivity contribution in [2.45, 2.75) is 6.36 Å². The Morgan fingerprint density at radius 2 is 1.69 bits per heavy atom. The first kappa shape index (κ1) is 26.8. The molecule has 1 amide bonds. The van der Waals surface area contributed by atoms with Crippen LogP contribution in [0, 0.1) is 5.82 Å². The van der Waals surface area contributed by atoms with Crippen LogP contribution in [0.25, 0.3) is 0 Å². The molecule has 36 heavy (non-hydrogen) atoms. The van der Waals surface area contributed by atoms with Gasteiger partial charge in [0.2, 0.25) is 11.6 Å². The van der Waals surface area contributed by atoms with E-state index in [1.165, 1.54) is 30.5 Å². The quantitative estimate of drug-likeness (QED) is 0.274. The number of halogens is 6. The highest BCUT2D eigenvalue weighted by Crippen LogP contribution is 2.42. The van der Waals surface area contributed by atoms with Crippen LogP contribution < -0.4 is 19.5 Å². The lowest BCUT2D eigenvalue weighted by atomic mass is 10.1. The number of hydrogen-bond donors (Lipinski definition) is 1. The molecule has 0 spiro atoms. The zero-order valence-corrected chi connectivity index (χ0v) is 19.7. The third-order valence-corrected chi connectivity index (χ3v) is 4.85. The number of nitrogens with one attached hydrogen (secondary N) is 1. The summed E-state index contributed by atoms with van der Waals surface area (Å²) >= 11 is 12.2. The van der Waals surface area contributed by atoms with E-state index < -0.39 is 41.3 Å². The number of nitrogens with zero attached hydrogens (tertiary/aromatic N) is 1. The predicted molar refractivity (Wildman–Crippen MR) is 120 cm³/mol. The molecule has 0 atom stereocenters. The summed E-state index contributed by atoms with van der Waals surface area (Å²) in [6, 6.07) is 6.63. The fourth-order valence-electron chi connectivity index (χ4n) is 2.88. The van der Waals surface area contributed by atoms with E-state index in [2.05, 4.69) is 19.8 Å². The van der Waals surface area contributed by atoms with Gasteiger partial charge >= 0.3 is 12.3 Å². The smallest absolute Gasteiger partial charge is 0.490 e. The fraction of sp³-hybridized carbons (Fsp3) is 0.136. The van der Waals surface area contributed by atoms with Crippen molar-refractivity contribution in [1.82, 2.24) is 4.98 Å². The number of ether oxygens (including phenoxy) is 4. The second-order valence-corrected chi connectivity index (χ2v) is 7.54. The summed E-state index contributed by atoms with van der Waals surface area (Å²) in [5.74, 6) is -5.66. The van der Waals surface area contributed by atoms with Gasteiger partial charge in [-0.15, -0.1) is 13.2 Å². The van der Waals surface area contributed by atoms with Crippen LogP contribution in [0.3, 0.4) is 0 Å². The van der Waals surface area contributed by atoms with Crippen LogP contribution in [0.15, 0.2) is 42.6 Å². The number of esters is 1. The van der Waals surface area contributed by atoms with Crippen molar-refractivity contribution in [3.05, 3.63) is 69.7 Å². The highest BCUT2D eigenvalue weighted by Gasteiger charge is 2.34. The lowest BCUT2D eigenvalue weighted by molar-refractivity contribution is -0.275. The van der Waals surface area contributed by atoms with E-state index in [4.69, 9.17) is 32.7 Å². The number of carbonyl (C=O) groups excluding carboxylic acids is 2. The zero-order valence-electron chi connectivity index (χ0n) is 18.2. The molecular weight excluding hydrogens is 535 g/mol. The van der Waals surface area contributed by atoms with Crippen LogP contribution in [0.2, 0.25) is 10.0 Å². The van der Waals surface area contributed by atoms with Gasteiger partial charge in [-0.25, -0.2) is 9.78 Å². The molecule has 14 heteroatoms. The molecule has 1 heterocycles. The summed E-state index contributed by atoms with van der Waals surface area (Å²) < 4.78 is 70.8. The van der Waals surface area contributed by atoms with Crippen LogP contribution in [0.5, 0.6) is 23.0 Å². The van der Waals surface area contributed by atoms with Crippen molar-refractivity contribution >= 4 is 40.8 Å². The lowest BCUT2D eigenvalue weighted by Gasteiger charge is -2.17. The van der Waals surface area contributed by atoms with Gasteiger partial charge in [0, 0.05) is 23.0 Å². The Morgan fingerprint density at radius 1 is 1.00 bits per heavy atom. The van der Waals surface area contributed by atoms with Crippen LogP contribution in [-0.4, -0.2) is 37.4 Å². The molecule has 0 aliphatic heterocycles. The third kappa shape index (κ3) is 6.26. The number of benzene rings is 2. The monoisotopic (exact) mass is 548 g/mol. The topological polar surface area (TPSA) is 96.0 Å². The molecule has 190 valence electrons. The number of rotatable bonds is 7. The SMILES string of the molecule is COC(=O)c1cc(NC(=O)c2c(Cl)cc(Cl)cc2Oc2ccc(OC(F)(F)F)c(F)c2OC)ccn1. The van der Waals surface area contributed by atoms with Gasteiger partial charge in [-0.3, -0.25) is 4.79 Å². The van der Waals surface area contributed by atoms with Gasteiger partial charge in [0.1, 0.15) is 17.0 Å². The minimum Gasteiger partial charge on any atom is -0.490 e. The van der Waals surface area contributed by atoms with Crippen molar-refractivity contribution in [2.24, 2.45) is 0 Å². The first-order chi connectivity index (χ1) is 16.9. The first-order valence-corrected chi connectivity index (χ1v) is 10.3. The minimum atomic E-state index is -5.15. The molecule has 8 nitrogen and oxygen atoms in total. The highest BCUT2D eigenvalue weighted by atomic mass is 35.5. The van der Waals surface area contributed by atoms with E-state index in [0.717, 1.165) is 20.3 Å². The standard InChI is InChI=1S/C22H14Cl2F4N2O6/c1-33-19-15(4-3-14(18(19)25)36-22(26,27)28)35-16-8-10(23)7-12(24)17(16)20(31)30-11-5-6-29-13(9-11)21(32)34-2/h3-9H,1-2H3,(H,29,30,31). The summed E-state index contributed by atoms with van der Waals surface area (Å²) in [7, 11) is 2.15. The summed E-state index contributed by atoms with van der Waals surface area (Å²) in [6.45, 7) is 0. The molecule has 0 saturated heterocycles. The number of alkyl halides is 3. The molecule has 0 unspecified atom stereocenters. The first-order valence-electron chi connectivity index (χ1n) is 9.58. The molecule has 0 aliphatic rings. The highest BCUT2D eigenvalue weighted by molar-refractivity contribution is 6.37. The Morgan fingerprint density at radius 3 is 2.33 bits per heavy atom. The second kappa shape index (κ2) is 10.9. The Kier molecular flexibility index (Phi) is 8.10. The van der Waals surface area contributed by atoms with E-state index in [-0.39, 0.29) is 32.7 Å². The van der Waals surface area contributed by atoms with Crippen LogP contribution >= 0.6 is 23.2 Å². The van der Waals surface area contributed by atoms with Gasteiger partial charge in [0.15, 0.2) is 11.5 Å². The third-order valence-electron chi connectivity index (χ3n) is 4.33. The van der Waals surface area contributed by atoms with E-state index in [1.807, 2.05) is 0 Å². The lowest BCUT2D eigenvalue weighted by Crippen LogP contribution is -2.18. The van der Waals surface area contributed by atoms with Gasteiger partial charge < -0.3 is 24.3 Å². The summed E-state index contributed by atoms with van der Waals surface area (Å²) in [4.78, 5) is 28.6. The zero-order chi connectivity index (χ0) is 26.6. The average molecular weight is 549 g/mol. The molecule has 0 radical (unpaired) electrons. The summed E-state index contributed by atoms with van der Waals surface area (Å²) in [5.41, 5.74) is -0.212. The van der Waals surface area contributed by atoms with E-state index >= 15 is 0 Å². The van der Waals surface area contributed by atoms with Gasteiger partial charge in [-0.2, -0.15) is 4.39 Å². The Hall–Kier alpha value is -3.77. The molecular formula is C22H14Cl2F4N2O6. The molecule has 0 saturated carbocycles. The van der Waals surface area contributed by atoms with Crippen LogP contribution in [0.1, 0.15) is 20.8 Å². The number of carbonyl (C=O) groups is 2. The van der Waals surface area contributed by atoms with Crippen molar-refractivity contribution in [3.63, 3.8) is 0 Å². The molecule has 0 aliphatic carbocycles. The molecule has 2 aromatic carbocycles. The fourth-order valence-corrected chi connectivity index (χ4v) is 3.44. The second-order valence-electron chi connectivity index (χ2n) is 6.70. The number of hydrogen-bond acceptors (Lipinski definition) is 7. The Bertz CT molecular complexity index is 1320. The van der Waals surface area contributed by atoms with Crippen LogP contribution in [0.4, 0.5) is 23.2 Å².